The molecule has 1 rings (SSSR count). The van der Waals surface area contributed by atoms with E-state index in [1.165, 1.54) is 0 Å². The highest BCUT2D eigenvalue weighted by Gasteiger charge is 2.47. The number of rotatable bonds is 3. The van der Waals surface area contributed by atoms with Crippen LogP contribution in [0.3, 0.4) is 0 Å². The van der Waals surface area contributed by atoms with Crippen LogP contribution in [0.15, 0.2) is 0 Å². The maximum absolute atomic E-state index is 13.0. The summed E-state index contributed by atoms with van der Waals surface area (Å²) in [5.74, 6) is -0.665. The monoisotopic (exact) mass is 293 g/mol. The minimum Gasteiger partial charge on any atom is -0.464 e. The molecule has 0 spiro atoms. The van der Waals surface area contributed by atoms with Gasteiger partial charge in [0, 0.05) is 0 Å². The Hall–Kier alpha value is -1.40. The van der Waals surface area contributed by atoms with Crippen molar-refractivity contribution < 1.29 is 27.8 Å². The first-order chi connectivity index (χ1) is 9.17. The zero-order chi connectivity index (χ0) is 15.5. The molecule has 1 saturated heterocycles. The van der Waals surface area contributed by atoms with Gasteiger partial charge in [-0.2, -0.15) is 0 Å². The number of hydrogen-bond donors (Lipinski definition) is 0. The fourth-order valence-electron chi connectivity index (χ4n) is 2.13. The molecule has 1 fully saturated rings. The third-order valence-electron chi connectivity index (χ3n) is 2.88. The number of halogens is 2. The van der Waals surface area contributed by atoms with E-state index in [0.717, 1.165) is 4.90 Å². The van der Waals surface area contributed by atoms with Crippen LogP contribution in [-0.4, -0.2) is 47.7 Å². The maximum atomic E-state index is 13.0. The van der Waals surface area contributed by atoms with Crippen LogP contribution in [0.1, 0.15) is 40.5 Å². The average Bonchev–Trinajstić information content (AvgIpc) is 2.71. The lowest BCUT2D eigenvalue weighted by Gasteiger charge is -2.31. The number of ether oxygens (including phenoxy) is 2. The summed E-state index contributed by atoms with van der Waals surface area (Å²) in [4.78, 5) is 24.7. The van der Waals surface area contributed by atoms with E-state index in [2.05, 4.69) is 0 Å². The van der Waals surface area contributed by atoms with Crippen molar-refractivity contribution >= 4 is 12.1 Å². The zero-order valence-electron chi connectivity index (χ0n) is 12.2. The second kappa shape index (κ2) is 6.37. The minimum atomic E-state index is -2.72. The standard InChI is InChI=1S/C13H21F2NO4/c1-5-19-11(17)9-7-6-8(10(14)15)16(9)12(18)20-13(2,3)4/h8-10H,5-7H2,1-4H3. The summed E-state index contributed by atoms with van der Waals surface area (Å²) in [6, 6.07) is -2.30. The molecule has 5 nitrogen and oxygen atoms in total. The van der Waals surface area contributed by atoms with Crippen molar-refractivity contribution in [3.05, 3.63) is 0 Å². The molecular formula is C13H21F2NO4. The van der Waals surface area contributed by atoms with Crippen LogP contribution in [0.25, 0.3) is 0 Å². The van der Waals surface area contributed by atoms with Crippen LogP contribution >= 0.6 is 0 Å². The Morgan fingerprint density at radius 1 is 1.30 bits per heavy atom. The summed E-state index contributed by atoms with van der Waals surface area (Å²) in [6.07, 6.45) is -3.41. The lowest BCUT2D eigenvalue weighted by molar-refractivity contribution is -0.149. The number of nitrogens with zero attached hydrogens (tertiary/aromatic N) is 1. The van der Waals surface area contributed by atoms with Gasteiger partial charge in [0.05, 0.1) is 12.6 Å². The van der Waals surface area contributed by atoms with Crippen LogP contribution < -0.4 is 0 Å². The Balaban J connectivity index is 2.91. The van der Waals surface area contributed by atoms with Crippen molar-refractivity contribution in [3.63, 3.8) is 0 Å². The van der Waals surface area contributed by atoms with Crippen LogP contribution in [0.4, 0.5) is 13.6 Å². The third-order valence-corrected chi connectivity index (χ3v) is 2.88. The van der Waals surface area contributed by atoms with E-state index in [9.17, 15) is 18.4 Å². The molecule has 0 aromatic heterocycles. The molecule has 0 aromatic rings. The van der Waals surface area contributed by atoms with Crippen molar-refractivity contribution in [1.82, 2.24) is 4.90 Å². The van der Waals surface area contributed by atoms with Gasteiger partial charge in [0.2, 0.25) is 0 Å². The molecule has 0 saturated carbocycles. The number of amides is 1. The largest absolute Gasteiger partial charge is 0.464 e. The number of alkyl halides is 2. The van der Waals surface area contributed by atoms with Crippen LogP contribution in [-0.2, 0) is 14.3 Å². The highest BCUT2D eigenvalue weighted by Crippen LogP contribution is 2.30. The molecule has 0 aliphatic carbocycles. The van der Waals surface area contributed by atoms with E-state index in [1.54, 1.807) is 27.7 Å². The second-order valence-corrected chi connectivity index (χ2v) is 5.63. The topological polar surface area (TPSA) is 55.8 Å². The van der Waals surface area contributed by atoms with Gasteiger partial charge in [-0.15, -0.1) is 0 Å². The summed E-state index contributed by atoms with van der Waals surface area (Å²) in [7, 11) is 0. The molecule has 0 N–H and O–H groups in total. The molecule has 1 aliphatic rings. The van der Waals surface area contributed by atoms with E-state index in [4.69, 9.17) is 9.47 Å². The summed E-state index contributed by atoms with van der Waals surface area (Å²) >= 11 is 0. The predicted octanol–water partition coefficient (Wildman–Crippen LogP) is 2.58. The van der Waals surface area contributed by atoms with Gasteiger partial charge in [0.1, 0.15) is 11.6 Å². The van der Waals surface area contributed by atoms with Gasteiger partial charge in [0.25, 0.3) is 6.43 Å². The molecule has 1 heterocycles. The molecule has 2 unspecified atom stereocenters. The number of likely N-dealkylation sites (tertiary alicyclic amines) is 1. The fraction of sp³-hybridized carbons (Fsp3) is 0.846. The van der Waals surface area contributed by atoms with Crippen molar-refractivity contribution in [2.75, 3.05) is 6.61 Å². The van der Waals surface area contributed by atoms with E-state index in [-0.39, 0.29) is 19.4 Å². The zero-order valence-corrected chi connectivity index (χ0v) is 12.2. The van der Waals surface area contributed by atoms with E-state index in [0.29, 0.717) is 0 Å². The van der Waals surface area contributed by atoms with Gasteiger partial charge in [-0.1, -0.05) is 0 Å². The Bertz CT molecular complexity index is 368. The number of hydrogen-bond acceptors (Lipinski definition) is 4. The molecule has 116 valence electrons. The second-order valence-electron chi connectivity index (χ2n) is 5.63. The molecule has 1 amide bonds. The van der Waals surface area contributed by atoms with E-state index < -0.39 is 36.2 Å². The van der Waals surface area contributed by atoms with Gasteiger partial charge in [0.15, 0.2) is 0 Å². The SMILES string of the molecule is CCOC(=O)C1CCC(C(F)F)N1C(=O)OC(C)(C)C. The summed E-state index contributed by atoms with van der Waals surface area (Å²) < 4.78 is 35.9. The molecule has 0 aromatic carbocycles. The molecule has 0 bridgehead atoms. The smallest absolute Gasteiger partial charge is 0.411 e. The third kappa shape index (κ3) is 4.05. The van der Waals surface area contributed by atoms with E-state index >= 15 is 0 Å². The molecule has 0 radical (unpaired) electrons. The first kappa shape index (κ1) is 16.7. The number of carbonyl (C=O) groups excluding carboxylic acids is 2. The Kier molecular flexibility index (Phi) is 5.30. The van der Waals surface area contributed by atoms with Crippen LogP contribution in [0.5, 0.6) is 0 Å². The summed E-state index contributed by atoms with van der Waals surface area (Å²) in [6.45, 7) is 6.67. The van der Waals surface area contributed by atoms with Crippen molar-refractivity contribution in [3.8, 4) is 0 Å². The fourth-order valence-corrected chi connectivity index (χ4v) is 2.13. The number of carbonyl (C=O) groups is 2. The van der Waals surface area contributed by atoms with Gasteiger partial charge in [-0.3, -0.25) is 4.90 Å². The highest BCUT2D eigenvalue weighted by molar-refractivity contribution is 5.82. The van der Waals surface area contributed by atoms with Gasteiger partial charge >= 0.3 is 12.1 Å². The van der Waals surface area contributed by atoms with Gasteiger partial charge in [-0.05, 0) is 40.5 Å². The molecule has 20 heavy (non-hydrogen) atoms. The molecular weight excluding hydrogens is 272 g/mol. The predicted molar refractivity (Wildman–Crippen MR) is 67.5 cm³/mol. The highest BCUT2D eigenvalue weighted by atomic mass is 19.3. The van der Waals surface area contributed by atoms with Gasteiger partial charge < -0.3 is 9.47 Å². The number of esters is 1. The maximum Gasteiger partial charge on any atom is 0.411 e. The first-order valence-electron chi connectivity index (χ1n) is 6.63. The average molecular weight is 293 g/mol. The van der Waals surface area contributed by atoms with Crippen molar-refractivity contribution in [1.29, 1.82) is 0 Å². The van der Waals surface area contributed by atoms with Crippen molar-refractivity contribution in [2.45, 2.75) is 64.6 Å². The Labute approximate surface area is 117 Å². The lowest BCUT2D eigenvalue weighted by Crippen LogP contribution is -2.49. The Morgan fingerprint density at radius 3 is 2.35 bits per heavy atom. The summed E-state index contributed by atoms with van der Waals surface area (Å²) in [5.41, 5.74) is -0.814. The molecule has 1 aliphatic heterocycles. The van der Waals surface area contributed by atoms with Crippen LogP contribution in [0.2, 0.25) is 0 Å². The van der Waals surface area contributed by atoms with Crippen LogP contribution in [0, 0.1) is 0 Å². The first-order valence-corrected chi connectivity index (χ1v) is 6.63. The minimum absolute atomic E-state index is 0.0559. The molecule has 2 atom stereocenters. The van der Waals surface area contributed by atoms with Gasteiger partial charge in [-0.25, -0.2) is 18.4 Å². The summed E-state index contributed by atoms with van der Waals surface area (Å²) in [5, 5.41) is 0. The lowest BCUT2D eigenvalue weighted by atomic mass is 10.2. The Morgan fingerprint density at radius 2 is 1.90 bits per heavy atom. The quantitative estimate of drug-likeness (QED) is 0.750. The van der Waals surface area contributed by atoms with E-state index in [1.807, 2.05) is 0 Å². The molecule has 7 heteroatoms. The van der Waals surface area contributed by atoms with Crippen molar-refractivity contribution in [2.24, 2.45) is 0 Å². The normalized spacial score (nSPS) is 23.1.